The first kappa shape index (κ1) is 18.1. The highest BCUT2D eigenvalue weighted by Gasteiger charge is 2.14. The molecule has 0 saturated carbocycles. The Morgan fingerprint density at radius 3 is 2.52 bits per heavy atom. The Hall–Kier alpha value is -1.00. The van der Waals surface area contributed by atoms with Gasteiger partial charge in [0.1, 0.15) is 0 Å². The van der Waals surface area contributed by atoms with Crippen LogP contribution in [0.3, 0.4) is 0 Å². The summed E-state index contributed by atoms with van der Waals surface area (Å²) in [5, 5.41) is 6.32. The predicted molar refractivity (Wildman–Crippen MR) is 91.6 cm³/mol. The normalized spacial score (nSPS) is 12.7. The largest absolute Gasteiger partial charge is 0.355 e. The van der Waals surface area contributed by atoms with Gasteiger partial charge < -0.3 is 10.6 Å². The summed E-state index contributed by atoms with van der Waals surface area (Å²) in [6.45, 7) is 12.0. The highest BCUT2D eigenvalue weighted by molar-refractivity contribution is 8.00. The van der Waals surface area contributed by atoms with Gasteiger partial charge in [0.15, 0.2) is 0 Å². The highest BCUT2D eigenvalue weighted by atomic mass is 32.2. The summed E-state index contributed by atoms with van der Waals surface area (Å²) < 4.78 is 0. The molecule has 0 heterocycles. The smallest absolute Gasteiger partial charge is 0.233 e. The lowest BCUT2D eigenvalue weighted by atomic mass is 10.2. The molecule has 21 heavy (non-hydrogen) atoms. The number of nitrogens with one attached hydrogen (secondary N) is 2. The Morgan fingerprint density at radius 1 is 1.19 bits per heavy atom. The maximum absolute atomic E-state index is 12.0. The molecule has 3 nitrogen and oxygen atoms in total. The molecular weight excluding hydrogens is 280 g/mol. The number of amides is 1. The molecule has 1 atom stereocenters. The molecule has 0 radical (unpaired) electrons. The third-order valence-electron chi connectivity index (χ3n) is 2.98. The van der Waals surface area contributed by atoms with Crippen molar-refractivity contribution in [2.24, 2.45) is 5.92 Å². The Morgan fingerprint density at radius 2 is 1.90 bits per heavy atom. The van der Waals surface area contributed by atoms with Gasteiger partial charge in [-0.2, -0.15) is 0 Å². The van der Waals surface area contributed by atoms with Crippen LogP contribution in [-0.4, -0.2) is 23.7 Å². The van der Waals surface area contributed by atoms with Crippen LogP contribution in [-0.2, 0) is 11.3 Å². The number of benzene rings is 1. The van der Waals surface area contributed by atoms with E-state index in [0.717, 1.165) is 18.0 Å². The number of hydrogen-bond donors (Lipinski definition) is 2. The molecule has 0 aromatic heterocycles. The lowest BCUT2D eigenvalue weighted by Gasteiger charge is -2.14. The first-order chi connectivity index (χ1) is 9.88. The molecule has 4 heteroatoms. The van der Waals surface area contributed by atoms with Gasteiger partial charge in [-0.05, 0) is 30.5 Å². The van der Waals surface area contributed by atoms with E-state index in [1.54, 1.807) is 11.8 Å². The van der Waals surface area contributed by atoms with Gasteiger partial charge in [-0.15, -0.1) is 11.8 Å². The van der Waals surface area contributed by atoms with E-state index in [0.29, 0.717) is 12.0 Å². The molecule has 0 aliphatic rings. The van der Waals surface area contributed by atoms with Crippen molar-refractivity contribution in [2.45, 2.75) is 57.4 Å². The van der Waals surface area contributed by atoms with Crippen molar-refractivity contribution in [3.8, 4) is 0 Å². The van der Waals surface area contributed by atoms with Crippen LogP contribution in [0.4, 0.5) is 0 Å². The first-order valence-corrected chi connectivity index (χ1v) is 8.53. The zero-order chi connectivity index (χ0) is 15.8. The van der Waals surface area contributed by atoms with Gasteiger partial charge in [0, 0.05) is 24.0 Å². The van der Waals surface area contributed by atoms with Crippen LogP contribution < -0.4 is 10.6 Å². The fourth-order valence-corrected chi connectivity index (χ4v) is 2.73. The summed E-state index contributed by atoms with van der Waals surface area (Å²) in [4.78, 5) is 13.2. The molecule has 0 aliphatic heterocycles. The molecule has 0 fully saturated rings. The van der Waals surface area contributed by atoms with Gasteiger partial charge in [-0.3, -0.25) is 4.79 Å². The molecule has 0 spiro atoms. The van der Waals surface area contributed by atoms with Crippen molar-refractivity contribution in [1.82, 2.24) is 10.6 Å². The van der Waals surface area contributed by atoms with E-state index in [-0.39, 0.29) is 11.2 Å². The fraction of sp³-hybridized carbons (Fsp3) is 0.588. The average Bonchev–Trinajstić information content (AvgIpc) is 2.42. The second-order valence-corrected chi connectivity index (χ2v) is 7.50. The van der Waals surface area contributed by atoms with Crippen molar-refractivity contribution in [2.75, 3.05) is 6.54 Å². The van der Waals surface area contributed by atoms with Crippen molar-refractivity contribution >= 4 is 17.7 Å². The number of rotatable bonds is 8. The van der Waals surface area contributed by atoms with E-state index in [9.17, 15) is 4.79 Å². The minimum Gasteiger partial charge on any atom is -0.355 e. The monoisotopic (exact) mass is 308 g/mol. The van der Waals surface area contributed by atoms with Gasteiger partial charge >= 0.3 is 0 Å². The zero-order valence-corrected chi connectivity index (χ0v) is 14.6. The Bertz CT molecular complexity index is 446. The molecule has 0 bridgehead atoms. The Labute approximate surface area is 133 Å². The SMILES string of the molecule is CC(C)CNC(=O)C(C)Sc1cccc(CNC(C)C)c1. The van der Waals surface area contributed by atoms with Crippen LogP contribution in [0.2, 0.25) is 0 Å². The van der Waals surface area contributed by atoms with E-state index in [4.69, 9.17) is 0 Å². The molecule has 1 aromatic rings. The van der Waals surface area contributed by atoms with E-state index in [1.165, 1.54) is 5.56 Å². The lowest BCUT2D eigenvalue weighted by Crippen LogP contribution is -2.33. The molecule has 1 aromatic carbocycles. The fourth-order valence-electron chi connectivity index (χ4n) is 1.76. The number of carbonyl (C=O) groups is 1. The van der Waals surface area contributed by atoms with E-state index in [2.05, 4.69) is 62.6 Å². The summed E-state index contributed by atoms with van der Waals surface area (Å²) in [5.41, 5.74) is 1.25. The molecule has 0 aliphatic carbocycles. The van der Waals surface area contributed by atoms with Gasteiger partial charge in [0.25, 0.3) is 0 Å². The standard InChI is InChI=1S/C17H28N2OS/c1-12(2)10-19-17(20)14(5)21-16-8-6-7-15(9-16)11-18-13(3)4/h6-9,12-14,18H,10-11H2,1-5H3,(H,19,20). The summed E-state index contributed by atoms with van der Waals surface area (Å²) in [6.07, 6.45) is 0. The maximum Gasteiger partial charge on any atom is 0.233 e. The second-order valence-electron chi connectivity index (χ2n) is 6.08. The molecule has 1 rings (SSSR count). The van der Waals surface area contributed by atoms with E-state index >= 15 is 0 Å². The Kier molecular flexibility index (Phi) is 7.83. The number of hydrogen-bond acceptors (Lipinski definition) is 3. The summed E-state index contributed by atoms with van der Waals surface area (Å²) in [5.74, 6) is 0.594. The van der Waals surface area contributed by atoms with Crippen LogP contribution >= 0.6 is 11.8 Å². The second kappa shape index (κ2) is 9.11. The molecule has 0 saturated heterocycles. The molecular formula is C17H28N2OS. The number of carbonyl (C=O) groups excluding carboxylic acids is 1. The quantitative estimate of drug-likeness (QED) is 0.723. The van der Waals surface area contributed by atoms with Gasteiger partial charge in [0.05, 0.1) is 5.25 Å². The molecule has 1 amide bonds. The molecule has 2 N–H and O–H groups in total. The highest BCUT2D eigenvalue weighted by Crippen LogP contribution is 2.24. The van der Waals surface area contributed by atoms with Crippen LogP contribution in [0, 0.1) is 5.92 Å². The zero-order valence-electron chi connectivity index (χ0n) is 13.8. The predicted octanol–water partition coefficient (Wildman–Crippen LogP) is 3.44. The third kappa shape index (κ3) is 7.53. The van der Waals surface area contributed by atoms with E-state index in [1.807, 2.05) is 6.92 Å². The van der Waals surface area contributed by atoms with Crippen molar-refractivity contribution in [1.29, 1.82) is 0 Å². The minimum absolute atomic E-state index is 0.0722. The third-order valence-corrected chi connectivity index (χ3v) is 4.07. The van der Waals surface area contributed by atoms with Crippen LogP contribution in [0.15, 0.2) is 29.2 Å². The van der Waals surface area contributed by atoms with Gasteiger partial charge in [-0.1, -0.05) is 39.8 Å². The van der Waals surface area contributed by atoms with Gasteiger partial charge in [0.2, 0.25) is 5.91 Å². The molecule has 1 unspecified atom stereocenters. The van der Waals surface area contributed by atoms with Crippen LogP contribution in [0.5, 0.6) is 0 Å². The number of thioether (sulfide) groups is 1. The van der Waals surface area contributed by atoms with Crippen LogP contribution in [0.25, 0.3) is 0 Å². The lowest BCUT2D eigenvalue weighted by molar-refractivity contribution is -0.120. The minimum atomic E-state index is -0.0722. The average molecular weight is 308 g/mol. The Balaban J connectivity index is 2.53. The van der Waals surface area contributed by atoms with E-state index < -0.39 is 0 Å². The van der Waals surface area contributed by atoms with Crippen molar-refractivity contribution < 1.29 is 4.79 Å². The molecule has 118 valence electrons. The first-order valence-electron chi connectivity index (χ1n) is 7.65. The van der Waals surface area contributed by atoms with Crippen molar-refractivity contribution in [3.05, 3.63) is 29.8 Å². The van der Waals surface area contributed by atoms with Gasteiger partial charge in [-0.25, -0.2) is 0 Å². The summed E-state index contributed by atoms with van der Waals surface area (Å²) >= 11 is 1.61. The topological polar surface area (TPSA) is 41.1 Å². The maximum atomic E-state index is 12.0. The van der Waals surface area contributed by atoms with Crippen LogP contribution in [0.1, 0.15) is 40.2 Å². The summed E-state index contributed by atoms with van der Waals surface area (Å²) in [7, 11) is 0. The van der Waals surface area contributed by atoms with Crippen molar-refractivity contribution in [3.63, 3.8) is 0 Å². The summed E-state index contributed by atoms with van der Waals surface area (Å²) in [6, 6.07) is 8.87.